The Bertz CT molecular complexity index is 483. The molecule has 0 spiro atoms. The number of hydrogen-bond donors (Lipinski definition) is 1. The fourth-order valence-corrected chi connectivity index (χ4v) is 2.93. The van der Waals surface area contributed by atoms with E-state index in [9.17, 15) is 13.2 Å². The van der Waals surface area contributed by atoms with Crippen LogP contribution in [0.4, 0.5) is 18.9 Å². The van der Waals surface area contributed by atoms with Gasteiger partial charge in [0.05, 0.1) is 17.3 Å². The van der Waals surface area contributed by atoms with Gasteiger partial charge in [-0.1, -0.05) is 37.7 Å². The first-order chi connectivity index (χ1) is 8.88. The molecule has 0 fully saturated rings. The standard InChI is InChI=1S/C13H15F3N2S/c1-8(2)11-7-19-12(18-11)17-10-6-4-3-5-9(10)13(14,15)16/h3-6,8,11H,7H2,1-2H3,(H,17,18). The lowest BCUT2D eigenvalue weighted by atomic mass is 10.1. The number of aliphatic imine (C=N–C) groups is 1. The van der Waals surface area contributed by atoms with Crippen LogP contribution >= 0.6 is 11.8 Å². The summed E-state index contributed by atoms with van der Waals surface area (Å²) in [5, 5.41) is 3.36. The molecule has 0 amide bonds. The Morgan fingerprint density at radius 3 is 2.58 bits per heavy atom. The van der Waals surface area contributed by atoms with Crippen molar-refractivity contribution in [1.82, 2.24) is 0 Å². The second-order valence-corrected chi connectivity index (χ2v) is 5.73. The van der Waals surface area contributed by atoms with Gasteiger partial charge in [0, 0.05) is 5.75 Å². The van der Waals surface area contributed by atoms with Crippen LogP contribution in [-0.2, 0) is 6.18 Å². The van der Waals surface area contributed by atoms with E-state index in [2.05, 4.69) is 24.2 Å². The summed E-state index contributed by atoms with van der Waals surface area (Å²) in [4.78, 5) is 4.41. The summed E-state index contributed by atoms with van der Waals surface area (Å²) in [5.74, 6) is 1.21. The summed E-state index contributed by atoms with van der Waals surface area (Å²) < 4.78 is 38.5. The Morgan fingerprint density at radius 2 is 2.00 bits per heavy atom. The van der Waals surface area contributed by atoms with E-state index >= 15 is 0 Å². The van der Waals surface area contributed by atoms with Crippen LogP contribution < -0.4 is 5.32 Å². The van der Waals surface area contributed by atoms with Crippen LogP contribution in [0.5, 0.6) is 0 Å². The van der Waals surface area contributed by atoms with Gasteiger partial charge in [-0.25, -0.2) is 0 Å². The van der Waals surface area contributed by atoms with Gasteiger partial charge in [0.1, 0.15) is 0 Å². The van der Waals surface area contributed by atoms with Crippen LogP contribution in [0.2, 0.25) is 0 Å². The number of thioether (sulfide) groups is 1. The number of nitrogens with one attached hydrogen (secondary N) is 1. The van der Waals surface area contributed by atoms with E-state index in [-0.39, 0.29) is 11.7 Å². The molecule has 0 aromatic heterocycles. The van der Waals surface area contributed by atoms with E-state index in [0.717, 1.165) is 11.8 Å². The van der Waals surface area contributed by atoms with Gasteiger partial charge in [-0.3, -0.25) is 4.99 Å². The van der Waals surface area contributed by atoms with Crippen molar-refractivity contribution in [2.24, 2.45) is 10.9 Å². The fourth-order valence-electron chi connectivity index (χ4n) is 1.75. The molecule has 19 heavy (non-hydrogen) atoms. The Morgan fingerprint density at radius 1 is 1.32 bits per heavy atom. The van der Waals surface area contributed by atoms with Crippen LogP contribution in [0.1, 0.15) is 19.4 Å². The van der Waals surface area contributed by atoms with Crippen LogP contribution in [0.3, 0.4) is 0 Å². The summed E-state index contributed by atoms with van der Waals surface area (Å²) in [5.41, 5.74) is -0.600. The van der Waals surface area contributed by atoms with Gasteiger partial charge >= 0.3 is 6.18 Å². The molecule has 2 rings (SSSR count). The highest BCUT2D eigenvalue weighted by molar-refractivity contribution is 8.14. The van der Waals surface area contributed by atoms with Crippen molar-refractivity contribution in [3.05, 3.63) is 29.8 Å². The Kier molecular flexibility index (Phi) is 4.08. The van der Waals surface area contributed by atoms with Gasteiger partial charge in [0.25, 0.3) is 0 Å². The van der Waals surface area contributed by atoms with Crippen molar-refractivity contribution < 1.29 is 13.2 Å². The van der Waals surface area contributed by atoms with E-state index in [1.54, 1.807) is 6.07 Å². The molecule has 1 aromatic carbocycles. The average molecular weight is 288 g/mol. The molecule has 1 atom stereocenters. The van der Waals surface area contributed by atoms with Crippen molar-refractivity contribution in [3.8, 4) is 0 Å². The first kappa shape index (κ1) is 14.2. The minimum absolute atomic E-state index is 0.0608. The van der Waals surface area contributed by atoms with Gasteiger partial charge in [0.2, 0.25) is 0 Å². The van der Waals surface area contributed by atoms with Crippen LogP contribution in [-0.4, -0.2) is 17.0 Å². The van der Waals surface area contributed by atoms with Gasteiger partial charge in [-0.15, -0.1) is 0 Å². The topological polar surface area (TPSA) is 24.4 Å². The number of hydrogen-bond acceptors (Lipinski definition) is 3. The summed E-state index contributed by atoms with van der Waals surface area (Å²) in [6.45, 7) is 4.11. The molecule has 1 unspecified atom stereocenters. The lowest BCUT2D eigenvalue weighted by Gasteiger charge is -2.13. The zero-order valence-electron chi connectivity index (χ0n) is 10.7. The highest BCUT2D eigenvalue weighted by Gasteiger charge is 2.33. The molecule has 0 bridgehead atoms. The first-order valence-corrected chi connectivity index (χ1v) is 7.00. The Labute approximate surface area is 114 Å². The van der Waals surface area contributed by atoms with Crippen molar-refractivity contribution in [2.75, 3.05) is 11.1 Å². The van der Waals surface area contributed by atoms with E-state index in [1.807, 2.05) is 0 Å². The van der Waals surface area contributed by atoms with E-state index in [1.165, 1.54) is 23.9 Å². The number of anilines is 1. The largest absolute Gasteiger partial charge is 0.418 e. The van der Waals surface area contributed by atoms with Crippen molar-refractivity contribution in [3.63, 3.8) is 0 Å². The number of para-hydroxylation sites is 1. The Balaban J connectivity index is 2.19. The highest BCUT2D eigenvalue weighted by atomic mass is 32.2. The molecule has 1 aliphatic heterocycles. The smallest absolute Gasteiger partial charge is 0.334 e. The number of halogens is 3. The molecular weight excluding hydrogens is 273 g/mol. The van der Waals surface area contributed by atoms with E-state index in [4.69, 9.17) is 0 Å². The fraction of sp³-hybridized carbons (Fsp3) is 0.462. The third kappa shape index (κ3) is 3.43. The normalized spacial score (nSPS) is 19.7. The molecule has 104 valence electrons. The second-order valence-electron chi connectivity index (χ2n) is 4.72. The third-order valence-electron chi connectivity index (χ3n) is 2.92. The monoisotopic (exact) mass is 288 g/mol. The van der Waals surface area contributed by atoms with Crippen molar-refractivity contribution in [2.45, 2.75) is 26.1 Å². The molecule has 0 aliphatic carbocycles. The van der Waals surface area contributed by atoms with E-state index < -0.39 is 11.7 Å². The van der Waals surface area contributed by atoms with E-state index in [0.29, 0.717) is 11.1 Å². The van der Waals surface area contributed by atoms with Crippen LogP contribution in [0.15, 0.2) is 29.3 Å². The molecule has 1 N–H and O–H groups in total. The Hall–Kier alpha value is -1.17. The minimum Gasteiger partial charge on any atom is -0.334 e. The molecule has 1 aromatic rings. The summed E-state index contributed by atoms with van der Waals surface area (Å²) in [6, 6.07) is 5.63. The predicted molar refractivity (Wildman–Crippen MR) is 73.6 cm³/mol. The van der Waals surface area contributed by atoms with Gasteiger partial charge in [-0.2, -0.15) is 13.2 Å². The quantitative estimate of drug-likeness (QED) is 0.880. The molecule has 2 nitrogen and oxygen atoms in total. The number of amidine groups is 1. The maximum Gasteiger partial charge on any atom is 0.418 e. The summed E-state index contributed by atoms with van der Waals surface area (Å²) in [6.07, 6.45) is -4.36. The maximum absolute atomic E-state index is 12.8. The third-order valence-corrected chi connectivity index (χ3v) is 3.91. The van der Waals surface area contributed by atoms with Crippen LogP contribution in [0.25, 0.3) is 0 Å². The molecule has 0 saturated carbocycles. The van der Waals surface area contributed by atoms with Gasteiger partial charge < -0.3 is 5.32 Å². The number of rotatable bonds is 2. The number of nitrogens with zero attached hydrogens (tertiary/aromatic N) is 1. The molecule has 1 aliphatic rings. The summed E-state index contributed by atoms with van der Waals surface area (Å²) in [7, 11) is 0. The summed E-state index contributed by atoms with van der Waals surface area (Å²) >= 11 is 1.46. The molecule has 0 radical (unpaired) electrons. The minimum atomic E-state index is -4.36. The predicted octanol–water partition coefficient (Wildman–Crippen LogP) is 4.24. The molecular formula is C13H15F3N2S. The average Bonchev–Trinajstić information content (AvgIpc) is 2.77. The zero-order chi connectivity index (χ0) is 14.0. The lowest BCUT2D eigenvalue weighted by molar-refractivity contribution is -0.136. The molecule has 6 heteroatoms. The highest BCUT2D eigenvalue weighted by Crippen LogP contribution is 2.35. The first-order valence-electron chi connectivity index (χ1n) is 6.02. The second kappa shape index (κ2) is 5.45. The number of benzene rings is 1. The van der Waals surface area contributed by atoms with Gasteiger partial charge in [-0.05, 0) is 18.1 Å². The lowest BCUT2D eigenvalue weighted by Crippen LogP contribution is -2.14. The molecule has 1 heterocycles. The SMILES string of the molecule is CC(C)C1CSC(Nc2ccccc2C(F)(F)F)=N1. The maximum atomic E-state index is 12.8. The van der Waals surface area contributed by atoms with Crippen LogP contribution in [0, 0.1) is 5.92 Å². The van der Waals surface area contributed by atoms with Gasteiger partial charge in [0.15, 0.2) is 5.17 Å². The number of alkyl halides is 3. The van der Waals surface area contributed by atoms with Crippen molar-refractivity contribution in [1.29, 1.82) is 0 Å². The van der Waals surface area contributed by atoms with Crippen molar-refractivity contribution >= 4 is 22.6 Å². The zero-order valence-corrected chi connectivity index (χ0v) is 11.5. The molecule has 0 saturated heterocycles.